The summed E-state index contributed by atoms with van der Waals surface area (Å²) in [7, 11) is 2.11. The lowest BCUT2D eigenvalue weighted by Gasteiger charge is -2.20. The van der Waals surface area contributed by atoms with E-state index in [1.165, 1.54) is 6.07 Å². The number of benzene rings is 1. The summed E-state index contributed by atoms with van der Waals surface area (Å²) in [4.78, 5) is 14.2. The summed E-state index contributed by atoms with van der Waals surface area (Å²) in [5, 5.41) is 12.5. The van der Waals surface area contributed by atoms with Crippen molar-refractivity contribution in [2.45, 2.75) is 39.7 Å². The van der Waals surface area contributed by atoms with E-state index < -0.39 is 0 Å². The number of hydrogen-bond donors (Lipinski definition) is 2. The van der Waals surface area contributed by atoms with Crippen LogP contribution in [0.1, 0.15) is 42.6 Å². The third-order valence-corrected chi connectivity index (χ3v) is 3.58. The van der Waals surface area contributed by atoms with Crippen molar-refractivity contribution in [1.29, 1.82) is 0 Å². The fourth-order valence-electron chi connectivity index (χ4n) is 1.80. The second-order valence-corrected chi connectivity index (χ2v) is 5.54. The van der Waals surface area contributed by atoms with Crippen molar-refractivity contribution in [2.75, 3.05) is 20.1 Å². The Morgan fingerprint density at radius 2 is 2.05 bits per heavy atom. The summed E-state index contributed by atoms with van der Waals surface area (Å²) in [5.74, 6) is 0.0359. The minimum Gasteiger partial charge on any atom is -0.508 e. The first-order chi connectivity index (χ1) is 9.41. The maximum Gasteiger partial charge on any atom is 0.251 e. The van der Waals surface area contributed by atoms with E-state index in [2.05, 4.69) is 31.1 Å². The molecule has 20 heavy (non-hydrogen) atoms. The monoisotopic (exact) mass is 278 g/mol. The van der Waals surface area contributed by atoms with Gasteiger partial charge in [0.15, 0.2) is 0 Å². The second kappa shape index (κ2) is 7.90. The third kappa shape index (κ3) is 5.21. The lowest BCUT2D eigenvalue weighted by molar-refractivity contribution is 0.0952. The van der Waals surface area contributed by atoms with Gasteiger partial charge >= 0.3 is 0 Å². The molecule has 0 aliphatic carbocycles. The molecule has 2 N–H and O–H groups in total. The van der Waals surface area contributed by atoms with Gasteiger partial charge in [0, 0.05) is 18.2 Å². The number of phenols is 1. The molecular weight excluding hydrogens is 252 g/mol. The minimum absolute atomic E-state index is 0.127. The number of unbranched alkanes of at least 4 members (excludes halogenated alkanes) is 1. The zero-order chi connectivity index (χ0) is 15.1. The van der Waals surface area contributed by atoms with E-state index in [0.717, 1.165) is 24.9 Å². The van der Waals surface area contributed by atoms with Crippen LogP contribution in [0, 0.1) is 6.92 Å². The Kier molecular flexibility index (Phi) is 6.52. The van der Waals surface area contributed by atoms with E-state index in [0.29, 0.717) is 18.2 Å². The van der Waals surface area contributed by atoms with Crippen LogP contribution in [0.3, 0.4) is 0 Å². The first-order valence-electron chi connectivity index (χ1n) is 7.20. The van der Waals surface area contributed by atoms with Crippen molar-refractivity contribution in [3.8, 4) is 5.75 Å². The fourth-order valence-corrected chi connectivity index (χ4v) is 1.80. The molecule has 0 aliphatic rings. The smallest absolute Gasteiger partial charge is 0.251 e. The molecule has 0 unspecified atom stereocenters. The van der Waals surface area contributed by atoms with Crippen molar-refractivity contribution in [2.24, 2.45) is 0 Å². The molecule has 0 aromatic heterocycles. The van der Waals surface area contributed by atoms with Gasteiger partial charge in [0.05, 0.1) is 0 Å². The lowest BCUT2D eigenvalue weighted by Crippen LogP contribution is -2.29. The Balaban J connectivity index is 2.28. The number of nitrogens with one attached hydrogen (secondary N) is 1. The standard InChI is InChI=1S/C16H26N2O2/c1-12(2)18(4)10-6-5-9-17-16(20)14-8-7-13(3)15(19)11-14/h7-8,11-12,19H,5-6,9-10H2,1-4H3,(H,17,20). The van der Waals surface area contributed by atoms with Gasteiger partial charge < -0.3 is 15.3 Å². The minimum atomic E-state index is -0.127. The molecule has 1 aromatic rings. The molecule has 0 radical (unpaired) electrons. The number of aromatic hydroxyl groups is 1. The predicted octanol–water partition coefficient (Wildman–Crippen LogP) is 2.55. The van der Waals surface area contributed by atoms with E-state index in [1.54, 1.807) is 12.1 Å². The van der Waals surface area contributed by atoms with E-state index in [1.807, 2.05) is 6.92 Å². The number of amides is 1. The lowest BCUT2D eigenvalue weighted by atomic mass is 10.1. The molecule has 0 bridgehead atoms. The van der Waals surface area contributed by atoms with Crippen LogP contribution < -0.4 is 5.32 Å². The van der Waals surface area contributed by atoms with Gasteiger partial charge in [-0.3, -0.25) is 4.79 Å². The largest absolute Gasteiger partial charge is 0.508 e. The molecule has 4 nitrogen and oxygen atoms in total. The summed E-state index contributed by atoms with van der Waals surface area (Å²) in [5.41, 5.74) is 1.28. The van der Waals surface area contributed by atoms with Crippen LogP contribution in [0.2, 0.25) is 0 Å². The quantitative estimate of drug-likeness (QED) is 0.754. The molecule has 0 spiro atoms. The molecule has 0 fully saturated rings. The number of rotatable bonds is 7. The highest BCUT2D eigenvalue weighted by Gasteiger charge is 2.07. The fraction of sp³-hybridized carbons (Fsp3) is 0.562. The summed E-state index contributed by atoms with van der Waals surface area (Å²) >= 11 is 0. The van der Waals surface area contributed by atoms with E-state index in [-0.39, 0.29) is 11.7 Å². The molecule has 0 saturated carbocycles. The maximum absolute atomic E-state index is 11.9. The van der Waals surface area contributed by atoms with E-state index >= 15 is 0 Å². The van der Waals surface area contributed by atoms with Gasteiger partial charge in [-0.15, -0.1) is 0 Å². The maximum atomic E-state index is 11.9. The van der Waals surface area contributed by atoms with Crippen molar-refractivity contribution < 1.29 is 9.90 Å². The van der Waals surface area contributed by atoms with Crippen LogP contribution in [0.15, 0.2) is 18.2 Å². The van der Waals surface area contributed by atoms with Crippen molar-refractivity contribution in [3.05, 3.63) is 29.3 Å². The number of carbonyl (C=O) groups excluding carboxylic acids is 1. The summed E-state index contributed by atoms with van der Waals surface area (Å²) < 4.78 is 0. The van der Waals surface area contributed by atoms with Gasteiger partial charge in [-0.05, 0) is 64.9 Å². The van der Waals surface area contributed by atoms with Gasteiger partial charge in [-0.25, -0.2) is 0 Å². The molecule has 1 aromatic carbocycles. The first-order valence-corrected chi connectivity index (χ1v) is 7.20. The van der Waals surface area contributed by atoms with Gasteiger partial charge in [-0.1, -0.05) is 6.07 Å². The molecule has 4 heteroatoms. The van der Waals surface area contributed by atoms with Crippen LogP contribution in [-0.2, 0) is 0 Å². The second-order valence-electron chi connectivity index (χ2n) is 5.54. The Morgan fingerprint density at radius 1 is 1.35 bits per heavy atom. The topological polar surface area (TPSA) is 52.6 Å². The Morgan fingerprint density at radius 3 is 2.65 bits per heavy atom. The van der Waals surface area contributed by atoms with Crippen molar-refractivity contribution in [1.82, 2.24) is 10.2 Å². The Labute approximate surface area is 121 Å². The van der Waals surface area contributed by atoms with Crippen LogP contribution in [0.25, 0.3) is 0 Å². The zero-order valence-electron chi connectivity index (χ0n) is 12.9. The van der Waals surface area contributed by atoms with Crippen molar-refractivity contribution >= 4 is 5.91 Å². The molecular formula is C16H26N2O2. The molecule has 1 amide bonds. The molecule has 0 heterocycles. The van der Waals surface area contributed by atoms with Gasteiger partial charge in [0.25, 0.3) is 5.91 Å². The van der Waals surface area contributed by atoms with Gasteiger partial charge in [-0.2, -0.15) is 0 Å². The number of hydrogen-bond acceptors (Lipinski definition) is 3. The molecule has 0 aliphatic heterocycles. The molecule has 0 saturated heterocycles. The number of carbonyl (C=O) groups is 1. The SMILES string of the molecule is Cc1ccc(C(=O)NCCCCN(C)C(C)C)cc1O. The highest BCUT2D eigenvalue weighted by molar-refractivity contribution is 5.94. The number of phenolic OH excluding ortho intramolecular Hbond substituents is 1. The summed E-state index contributed by atoms with van der Waals surface area (Å²) in [6.07, 6.45) is 2.02. The van der Waals surface area contributed by atoms with Gasteiger partial charge in [0.1, 0.15) is 5.75 Å². The summed E-state index contributed by atoms with van der Waals surface area (Å²) in [6.45, 7) is 7.86. The molecule has 1 rings (SSSR count). The van der Waals surface area contributed by atoms with Crippen LogP contribution in [-0.4, -0.2) is 42.1 Å². The molecule has 112 valence electrons. The molecule has 0 atom stereocenters. The van der Waals surface area contributed by atoms with E-state index in [9.17, 15) is 9.90 Å². The Hall–Kier alpha value is -1.55. The van der Waals surface area contributed by atoms with Crippen molar-refractivity contribution in [3.63, 3.8) is 0 Å². The first kappa shape index (κ1) is 16.5. The normalized spacial score (nSPS) is 11.1. The van der Waals surface area contributed by atoms with Crippen LogP contribution >= 0.6 is 0 Å². The highest BCUT2D eigenvalue weighted by atomic mass is 16.3. The summed E-state index contributed by atoms with van der Waals surface area (Å²) in [6, 6.07) is 5.55. The predicted molar refractivity (Wildman–Crippen MR) is 82.2 cm³/mol. The van der Waals surface area contributed by atoms with E-state index in [4.69, 9.17) is 0 Å². The van der Waals surface area contributed by atoms with Crippen LogP contribution in [0.5, 0.6) is 5.75 Å². The van der Waals surface area contributed by atoms with Crippen LogP contribution in [0.4, 0.5) is 0 Å². The van der Waals surface area contributed by atoms with Gasteiger partial charge in [0.2, 0.25) is 0 Å². The Bertz CT molecular complexity index is 444. The third-order valence-electron chi connectivity index (χ3n) is 3.58. The average molecular weight is 278 g/mol. The average Bonchev–Trinajstić information content (AvgIpc) is 2.40. The zero-order valence-corrected chi connectivity index (χ0v) is 12.9. The highest BCUT2D eigenvalue weighted by Crippen LogP contribution is 2.17. The number of aryl methyl sites for hydroxylation is 1. The number of nitrogens with zero attached hydrogens (tertiary/aromatic N) is 1.